The summed E-state index contributed by atoms with van der Waals surface area (Å²) in [6.07, 6.45) is 3.99. The number of carbonyl (C=O) groups is 4. The van der Waals surface area contributed by atoms with Crippen molar-refractivity contribution in [2.24, 2.45) is 0 Å². The monoisotopic (exact) mass is 389 g/mol. The van der Waals surface area contributed by atoms with Crippen molar-refractivity contribution < 1.29 is 23.9 Å². The van der Waals surface area contributed by atoms with E-state index in [1.807, 2.05) is 18.4 Å². The Morgan fingerprint density at radius 2 is 1.89 bits per heavy atom. The summed E-state index contributed by atoms with van der Waals surface area (Å²) < 4.78 is 6.62. The summed E-state index contributed by atoms with van der Waals surface area (Å²) in [4.78, 5) is 50.2. The summed E-state index contributed by atoms with van der Waals surface area (Å²) in [6.45, 7) is 4.07. The van der Waals surface area contributed by atoms with Crippen LogP contribution < -0.4 is 5.32 Å². The summed E-state index contributed by atoms with van der Waals surface area (Å²) in [7, 11) is 1.36. The van der Waals surface area contributed by atoms with Crippen molar-refractivity contribution >= 4 is 23.7 Å². The second kappa shape index (κ2) is 7.77. The quantitative estimate of drug-likeness (QED) is 0.438. The maximum atomic E-state index is 12.8. The molecule has 152 valence electrons. The Labute approximate surface area is 164 Å². The Hall–Kier alpha value is -2.64. The number of Topliss-reactive ketones (excluding diaryl/α,β-unsaturated/α-hetero) is 1. The predicted octanol–water partition coefficient (Wildman–Crippen LogP) is 2.11. The van der Waals surface area contributed by atoms with Crippen LogP contribution in [-0.2, 0) is 20.9 Å². The zero-order valence-corrected chi connectivity index (χ0v) is 16.7. The maximum absolute atomic E-state index is 12.8. The van der Waals surface area contributed by atoms with E-state index in [0.29, 0.717) is 37.8 Å². The molecule has 1 aliphatic heterocycles. The van der Waals surface area contributed by atoms with Gasteiger partial charge in [0, 0.05) is 29.9 Å². The van der Waals surface area contributed by atoms with Crippen LogP contribution in [0.2, 0.25) is 0 Å². The Morgan fingerprint density at radius 1 is 1.21 bits per heavy atom. The van der Waals surface area contributed by atoms with Gasteiger partial charge in [0.15, 0.2) is 5.78 Å². The number of hydrogen-bond donors (Lipinski definition) is 1. The van der Waals surface area contributed by atoms with Gasteiger partial charge in [0.05, 0.1) is 13.7 Å². The van der Waals surface area contributed by atoms with Gasteiger partial charge in [-0.2, -0.15) is 0 Å². The van der Waals surface area contributed by atoms with Crippen molar-refractivity contribution in [2.75, 3.05) is 13.7 Å². The first-order chi connectivity index (χ1) is 13.3. The fourth-order valence-corrected chi connectivity index (χ4v) is 4.28. The van der Waals surface area contributed by atoms with Gasteiger partial charge in [0.1, 0.15) is 5.54 Å². The van der Waals surface area contributed by atoms with Gasteiger partial charge >= 0.3 is 12.0 Å². The van der Waals surface area contributed by atoms with Crippen molar-refractivity contribution in [2.45, 2.75) is 64.5 Å². The molecular weight excluding hydrogens is 362 g/mol. The molecule has 8 nitrogen and oxygen atoms in total. The van der Waals surface area contributed by atoms with Crippen LogP contribution in [0.25, 0.3) is 0 Å². The van der Waals surface area contributed by atoms with Crippen LogP contribution in [-0.4, -0.2) is 52.4 Å². The van der Waals surface area contributed by atoms with E-state index in [1.54, 1.807) is 6.07 Å². The molecule has 8 heteroatoms. The van der Waals surface area contributed by atoms with Crippen LogP contribution in [0.15, 0.2) is 6.07 Å². The molecule has 0 aromatic carbocycles. The summed E-state index contributed by atoms with van der Waals surface area (Å²) >= 11 is 0. The highest BCUT2D eigenvalue weighted by Gasteiger charge is 2.52. The number of carbonyl (C=O) groups excluding carboxylic acids is 4. The molecule has 1 aromatic heterocycles. The van der Waals surface area contributed by atoms with Gasteiger partial charge in [-0.15, -0.1) is 0 Å². The molecule has 3 amide bonds. The van der Waals surface area contributed by atoms with Crippen LogP contribution in [0.5, 0.6) is 0 Å². The predicted molar refractivity (Wildman–Crippen MR) is 101 cm³/mol. The molecule has 28 heavy (non-hydrogen) atoms. The summed E-state index contributed by atoms with van der Waals surface area (Å²) in [5, 5.41) is 2.80. The van der Waals surface area contributed by atoms with Gasteiger partial charge < -0.3 is 14.6 Å². The van der Waals surface area contributed by atoms with Gasteiger partial charge in [-0.25, -0.2) is 4.79 Å². The number of hydrogen-bond acceptors (Lipinski definition) is 5. The number of rotatable bonds is 7. The molecule has 0 radical (unpaired) electrons. The lowest BCUT2D eigenvalue weighted by Gasteiger charge is -2.19. The fourth-order valence-electron chi connectivity index (χ4n) is 4.28. The number of imide groups is 1. The van der Waals surface area contributed by atoms with Gasteiger partial charge in [-0.1, -0.05) is 12.8 Å². The van der Waals surface area contributed by atoms with E-state index >= 15 is 0 Å². The van der Waals surface area contributed by atoms with Gasteiger partial charge in [0.2, 0.25) is 0 Å². The highest BCUT2D eigenvalue weighted by molar-refractivity contribution is 6.11. The molecule has 1 saturated heterocycles. The fraction of sp³-hybridized carbons (Fsp3) is 0.600. The maximum Gasteiger partial charge on any atom is 0.325 e. The molecule has 3 rings (SSSR count). The molecule has 1 aromatic rings. The Bertz CT molecular complexity index is 820. The van der Waals surface area contributed by atoms with E-state index in [2.05, 4.69) is 10.1 Å². The molecule has 2 heterocycles. The second-order valence-corrected chi connectivity index (χ2v) is 7.65. The number of aryl methyl sites for hydroxylation is 1. The molecule has 0 unspecified atom stereocenters. The van der Waals surface area contributed by atoms with E-state index in [9.17, 15) is 19.2 Å². The number of esters is 1. The number of aromatic nitrogens is 1. The zero-order chi connectivity index (χ0) is 20.5. The molecule has 2 fully saturated rings. The third-order valence-corrected chi connectivity index (χ3v) is 5.87. The van der Waals surface area contributed by atoms with Crippen molar-refractivity contribution in [1.82, 2.24) is 14.8 Å². The number of urea groups is 1. The minimum Gasteiger partial charge on any atom is -0.469 e. The van der Waals surface area contributed by atoms with Crippen LogP contribution in [0.4, 0.5) is 4.79 Å². The van der Waals surface area contributed by atoms with E-state index in [-0.39, 0.29) is 24.2 Å². The number of methoxy groups -OCH3 is 1. The SMILES string of the molecule is COC(=O)CCCn1c(C)cc(C(=O)CN2C(=O)NC3(CCCC3)C2=O)c1C. The highest BCUT2D eigenvalue weighted by Crippen LogP contribution is 2.35. The van der Waals surface area contributed by atoms with E-state index in [4.69, 9.17) is 0 Å². The summed E-state index contributed by atoms with van der Waals surface area (Å²) in [5.74, 6) is -0.806. The third kappa shape index (κ3) is 3.55. The Morgan fingerprint density at radius 3 is 2.54 bits per heavy atom. The molecule has 2 aliphatic rings. The average molecular weight is 389 g/mol. The smallest absolute Gasteiger partial charge is 0.325 e. The third-order valence-electron chi connectivity index (χ3n) is 5.87. The van der Waals surface area contributed by atoms with Crippen molar-refractivity contribution in [3.63, 3.8) is 0 Å². The minimum atomic E-state index is -0.803. The molecule has 1 spiro atoms. The number of amides is 3. The van der Waals surface area contributed by atoms with Gasteiger partial charge in [-0.05, 0) is 39.2 Å². The zero-order valence-electron chi connectivity index (χ0n) is 16.7. The number of ketones is 1. The lowest BCUT2D eigenvalue weighted by atomic mass is 9.98. The summed E-state index contributed by atoms with van der Waals surface area (Å²) in [5.41, 5.74) is 1.37. The topological polar surface area (TPSA) is 97.7 Å². The molecule has 0 atom stereocenters. The van der Waals surface area contributed by atoms with Crippen molar-refractivity contribution in [3.05, 3.63) is 23.0 Å². The van der Waals surface area contributed by atoms with Crippen LogP contribution >= 0.6 is 0 Å². The lowest BCUT2D eigenvalue weighted by Crippen LogP contribution is -2.44. The molecule has 0 bridgehead atoms. The number of nitrogens with one attached hydrogen (secondary N) is 1. The summed E-state index contributed by atoms with van der Waals surface area (Å²) in [6, 6.07) is 1.30. The molecule has 1 N–H and O–H groups in total. The first kappa shape index (κ1) is 20.1. The van der Waals surface area contributed by atoms with Crippen LogP contribution in [0.1, 0.15) is 60.3 Å². The highest BCUT2D eigenvalue weighted by atomic mass is 16.5. The Balaban J connectivity index is 1.69. The number of ether oxygens (including phenoxy) is 1. The number of nitrogens with zero attached hydrogens (tertiary/aromatic N) is 2. The van der Waals surface area contributed by atoms with Crippen molar-refractivity contribution in [1.29, 1.82) is 0 Å². The molecule has 1 saturated carbocycles. The first-order valence-corrected chi connectivity index (χ1v) is 9.70. The first-order valence-electron chi connectivity index (χ1n) is 9.70. The van der Waals surface area contributed by atoms with Crippen molar-refractivity contribution in [3.8, 4) is 0 Å². The van der Waals surface area contributed by atoms with Crippen LogP contribution in [0, 0.1) is 13.8 Å². The average Bonchev–Trinajstić information content (AvgIpc) is 3.31. The van der Waals surface area contributed by atoms with E-state index in [0.717, 1.165) is 29.1 Å². The normalized spacial score (nSPS) is 18.0. The Kier molecular flexibility index (Phi) is 5.58. The van der Waals surface area contributed by atoms with Gasteiger partial charge in [0.25, 0.3) is 5.91 Å². The molecular formula is C20H27N3O5. The molecule has 1 aliphatic carbocycles. The minimum absolute atomic E-state index is 0.251. The van der Waals surface area contributed by atoms with E-state index < -0.39 is 11.6 Å². The van der Waals surface area contributed by atoms with Gasteiger partial charge in [-0.3, -0.25) is 19.3 Å². The van der Waals surface area contributed by atoms with Crippen LogP contribution in [0.3, 0.4) is 0 Å². The standard InChI is InChI=1S/C20H27N3O5/c1-13-11-15(14(2)22(13)10-6-7-17(25)28-3)16(24)12-23-18(26)20(21-19(23)27)8-4-5-9-20/h11H,4-10,12H2,1-3H3,(H,21,27). The lowest BCUT2D eigenvalue weighted by molar-refractivity contribution is -0.140. The second-order valence-electron chi connectivity index (χ2n) is 7.65. The van der Waals surface area contributed by atoms with E-state index in [1.165, 1.54) is 7.11 Å². The largest absolute Gasteiger partial charge is 0.469 e.